The predicted octanol–water partition coefficient (Wildman–Crippen LogP) is 2.20. The molecule has 3 aliphatic rings. The second-order valence-corrected chi connectivity index (χ2v) is 15.9. The lowest BCUT2D eigenvalue weighted by atomic mass is 9.70. The number of nitrogens with zero attached hydrogens (tertiary/aromatic N) is 4. The lowest BCUT2D eigenvalue weighted by Gasteiger charge is -2.38. The van der Waals surface area contributed by atoms with Gasteiger partial charge in [-0.15, -0.1) is 0 Å². The zero-order valence-corrected chi connectivity index (χ0v) is 24.9. The molecule has 2 aromatic rings. The maximum atomic E-state index is 12.9. The summed E-state index contributed by atoms with van der Waals surface area (Å²) in [5, 5.41) is 23.4. The van der Waals surface area contributed by atoms with Crippen molar-refractivity contribution in [2.45, 2.75) is 70.7 Å². The molecule has 41 heavy (non-hydrogen) atoms. The third-order valence-electron chi connectivity index (χ3n) is 8.99. The van der Waals surface area contributed by atoms with Crippen LogP contribution in [-0.4, -0.2) is 87.4 Å². The largest absolute Gasteiger partial charge is 0.445 e. The number of ether oxygens (including phenoxy) is 2. The van der Waals surface area contributed by atoms with Gasteiger partial charge in [-0.3, -0.25) is 19.0 Å². The minimum atomic E-state index is -4.86. The second kappa shape index (κ2) is 10.5. The molecule has 6 N–H and O–H groups in total. The zero-order chi connectivity index (χ0) is 30.1. The van der Waals surface area contributed by atoms with Crippen LogP contribution in [0.3, 0.4) is 0 Å². The van der Waals surface area contributed by atoms with Crippen molar-refractivity contribution in [3.05, 3.63) is 11.6 Å². The molecule has 2 aromatic heterocycles. The molecule has 0 radical (unpaired) electrons. The lowest BCUT2D eigenvalue weighted by Crippen LogP contribution is -2.39. The number of hydrogen-bond acceptors (Lipinski definition) is 11. The van der Waals surface area contributed by atoms with Crippen molar-refractivity contribution >= 4 is 49.9 Å². The number of nitrogens with one attached hydrogen (secondary N) is 1. The van der Waals surface area contributed by atoms with Crippen LogP contribution in [0, 0.1) is 16.7 Å². The maximum absolute atomic E-state index is 12.9. The number of aliphatic hydroxyl groups is 2. The van der Waals surface area contributed by atoms with Gasteiger partial charge in [-0.25, -0.2) is 9.78 Å². The highest BCUT2D eigenvalue weighted by molar-refractivity contribution is 7.70. The van der Waals surface area contributed by atoms with Crippen LogP contribution >= 0.6 is 26.8 Å². The fraction of sp³-hybridized carbons (Fsp3) is 0.727. The highest BCUT2D eigenvalue weighted by Gasteiger charge is 2.63. The lowest BCUT2D eigenvalue weighted by molar-refractivity contribution is -0.0483. The van der Waals surface area contributed by atoms with Gasteiger partial charge < -0.3 is 38.9 Å². The van der Waals surface area contributed by atoms with Gasteiger partial charge in [-0.2, -0.15) is 9.97 Å². The summed E-state index contributed by atoms with van der Waals surface area (Å²) in [5.41, 5.74) is -0.0184. The first-order valence-corrected chi connectivity index (χ1v) is 16.8. The van der Waals surface area contributed by atoms with E-state index in [1.165, 1.54) is 10.9 Å². The van der Waals surface area contributed by atoms with E-state index < -0.39 is 58.3 Å². The molecule has 1 amide bonds. The number of anilines is 1. The molecule has 2 bridgehead atoms. The van der Waals surface area contributed by atoms with Crippen molar-refractivity contribution in [3.63, 3.8) is 0 Å². The number of aromatic nitrogens is 4. The molecule has 8 atom stereocenters. The maximum Gasteiger partial charge on any atom is 0.413 e. The van der Waals surface area contributed by atoms with Crippen molar-refractivity contribution in [3.8, 4) is 0 Å². The van der Waals surface area contributed by atoms with Crippen molar-refractivity contribution in [1.82, 2.24) is 19.5 Å². The van der Waals surface area contributed by atoms with Gasteiger partial charge >= 0.3 is 21.3 Å². The second-order valence-electron chi connectivity index (χ2n) is 11.6. The van der Waals surface area contributed by atoms with Crippen molar-refractivity contribution in [2.75, 3.05) is 17.8 Å². The van der Waals surface area contributed by atoms with Gasteiger partial charge in [0.1, 0.15) is 24.4 Å². The number of hydrogen-bond donors (Lipinski definition) is 6. The molecule has 0 spiro atoms. The predicted molar refractivity (Wildman–Crippen MR) is 142 cm³/mol. The smallest absolute Gasteiger partial charge is 0.413 e. The van der Waals surface area contributed by atoms with E-state index >= 15 is 0 Å². The molecule has 0 aromatic carbocycles. The van der Waals surface area contributed by atoms with Crippen LogP contribution in [0.25, 0.3) is 11.2 Å². The summed E-state index contributed by atoms with van der Waals surface area (Å²) in [4.78, 5) is 52.9. The number of rotatable bonds is 8. The van der Waals surface area contributed by atoms with E-state index in [0.717, 1.165) is 19.3 Å². The number of imidazole rings is 1. The molecular formula is C22H32ClN5O11P2. The molecule has 19 heteroatoms. The average Bonchev–Trinajstić information content (AvgIpc) is 3.49. The van der Waals surface area contributed by atoms with Crippen LogP contribution in [0.5, 0.6) is 0 Å². The van der Waals surface area contributed by atoms with Crippen molar-refractivity contribution < 1.29 is 52.8 Å². The van der Waals surface area contributed by atoms with E-state index in [-0.39, 0.29) is 39.2 Å². The van der Waals surface area contributed by atoms with Gasteiger partial charge in [-0.1, -0.05) is 20.8 Å². The minimum absolute atomic E-state index is 0.0282. The summed E-state index contributed by atoms with van der Waals surface area (Å²) in [5.74, 6) is -1.02. The summed E-state index contributed by atoms with van der Waals surface area (Å²) in [7, 11) is -9.59. The standard InChI is InChI=1S/C22H32ClN5O11P2/c1-21(2)10-4-5-22(21,3)12(6-10)39-20(31)26-16-13-17(27-19(23)25-16)28(8-24-13)18-15(30)14(29)11(38-18)7-37-41(35,36)9-40(32,33)34/h8,10-12,14-15,18,29-30H,4-7,9H2,1-3H3,(H,35,36)(H2,32,33,34)(H,25,26,27,31)/t10-,11-,12?,14+,15?,18-,22+/m1/s1. The van der Waals surface area contributed by atoms with Crippen LogP contribution in [0.4, 0.5) is 10.6 Å². The topological polar surface area (TPSA) is 236 Å². The van der Waals surface area contributed by atoms with Gasteiger partial charge in [0.05, 0.1) is 12.9 Å². The normalized spacial score (nSPS) is 34.2. The summed E-state index contributed by atoms with van der Waals surface area (Å²) in [6.45, 7) is 5.77. The number of carbonyl (C=O) groups excluding carboxylic acids is 1. The first kappa shape index (κ1) is 30.7. The summed E-state index contributed by atoms with van der Waals surface area (Å²) in [6.07, 6.45) is -2.90. The van der Waals surface area contributed by atoms with Crippen LogP contribution in [-0.2, 0) is 23.1 Å². The Labute approximate surface area is 239 Å². The highest BCUT2D eigenvalue weighted by Crippen LogP contribution is 2.66. The Balaban J connectivity index is 1.31. The average molecular weight is 640 g/mol. The fourth-order valence-electron chi connectivity index (χ4n) is 6.29. The van der Waals surface area contributed by atoms with Gasteiger partial charge in [0, 0.05) is 5.41 Å². The molecule has 3 unspecified atom stereocenters. The van der Waals surface area contributed by atoms with Gasteiger partial charge in [0.2, 0.25) is 5.28 Å². The van der Waals surface area contributed by atoms with Crippen LogP contribution in [0.1, 0.15) is 46.3 Å². The van der Waals surface area contributed by atoms with E-state index in [1.54, 1.807) is 0 Å². The van der Waals surface area contributed by atoms with Crippen molar-refractivity contribution in [2.24, 2.45) is 16.7 Å². The molecule has 3 heterocycles. The summed E-state index contributed by atoms with van der Waals surface area (Å²) in [6, 6.07) is 0. The Morgan fingerprint density at radius 1 is 1.22 bits per heavy atom. The molecule has 3 fully saturated rings. The Kier molecular flexibility index (Phi) is 7.85. The first-order valence-electron chi connectivity index (χ1n) is 12.8. The molecule has 1 saturated heterocycles. The quantitative estimate of drug-likeness (QED) is 0.179. The number of aliphatic hydroxyl groups excluding tert-OH is 2. The zero-order valence-electron chi connectivity index (χ0n) is 22.3. The molecule has 1 aliphatic heterocycles. The monoisotopic (exact) mass is 639 g/mol. The van der Waals surface area contributed by atoms with Crippen molar-refractivity contribution in [1.29, 1.82) is 0 Å². The van der Waals surface area contributed by atoms with Gasteiger partial charge in [0.15, 0.2) is 29.1 Å². The van der Waals surface area contributed by atoms with Crippen LogP contribution in [0.2, 0.25) is 5.28 Å². The minimum Gasteiger partial charge on any atom is -0.445 e. The van der Waals surface area contributed by atoms with E-state index in [2.05, 4.69) is 41.0 Å². The molecule has 2 aliphatic carbocycles. The van der Waals surface area contributed by atoms with E-state index in [1.807, 2.05) is 0 Å². The van der Waals surface area contributed by atoms with E-state index in [0.29, 0.717) is 5.92 Å². The van der Waals surface area contributed by atoms with Crippen LogP contribution in [0.15, 0.2) is 6.33 Å². The Bertz CT molecular complexity index is 1450. The fourth-order valence-corrected chi connectivity index (χ4v) is 9.02. The van der Waals surface area contributed by atoms with Gasteiger partial charge in [-0.05, 0) is 42.2 Å². The molecule has 5 rings (SSSR count). The van der Waals surface area contributed by atoms with E-state index in [9.17, 15) is 29.0 Å². The first-order chi connectivity index (χ1) is 18.9. The molecule has 2 saturated carbocycles. The Morgan fingerprint density at radius 3 is 2.54 bits per heavy atom. The number of carbonyl (C=O) groups is 1. The summed E-state index contributed by atoms with van der Waals surface area (Å²) >= 11 is 6.12. The highest BCUT2D eigenvalue weighted by atomic mass is 35.5. The SMILES string of the molecule is CC1(C)[C@@H]2CC[C@@]1(C)C(OC(=O)Nc1nc(Cl)nc3c1ncn3[C@@H]1O[C@H](COP(=O)(O)CP(=O)(O)O)[C@H](O)C1O)C2. The van der Waals surface area contributed by atoms with Crippen LogP contribution < -0.4 is 5.32 Å². The number of fused-ring (bicyclic) bond motifs is 3. The Morgan fingerprint density at radius 2 is 1.93 bits per heavy atom. The third kappa shape index (κ3) is 5.67. The molecular weight excluding hydrogens is 608 g/mol. The number of halogens is 1. The Hall–Kier alpha value is -1.71. The summed E-state index contributed by atoms with van der Waals surface area (Å²) < 4.78 is 40.4. The molecule has 228 valence electrons. The van der Waals surface area contributed by atoms with E-state index in [4.69, 9.17) is 35.4 Å². The van der Waals surface area contributed by atoms with Gasteiger partial charge in [0.25, 0.3) is 0 Å². The third-order valence-corrected chi connectivity index (χ3v) is 12.6. The number of amides is 1. The molecule has 16 nitrogen and oxygen atoms in total.